The Balaban J connectivity index is 1.22. The minimum absolute atomic E-state index is 0.0865. The SMILES string of the molecule is Cc1cccc(C)c1-c1cc(OCC(CC2CCCC2)NCc2cnc3cc(C(C)C)n(C)c3n2)nc(NSc2cccc(C(=O)O)c2)n1. The van der Waals surface area contributed by atoms with Gasteiger partial charge in [-0.2, -0.15) is 4.98 Å². The average molecular weight is 680 g/mol. The Morgan fingerprint density at radius 2 is 1.80 bits per heavy atom. The lowest BCUT2D eigenvalue weighted by Crippen LogP contribution is -2.36. The van der Waals surface area contributed by atoms with Gasteiger partial charge in [-0.05, 0) is 79.4 Å². The van der Waals surface area contributed by atoms with Crippen LogP contribution in [0, 0.1) is 19.8 Å². The summed E-state index contributed by atoms with van der Waals surface area (Å²) in [5.74, 6) is 0.930. The highest BCUT2D eigenvalue weighted by Crippen LogP contribution is 2.32. The number of anilines is 1. The molecule has 5 aromatic rings. The fourth-order valence-electron chi connectivity index (χ4n) is 6.75. The van der Waals surface area contributed by atoms with Crippen molar-refractivity contribution in [2.75, 3.05) is 11.3 Å². The second-order valence-corrected chi connectivity index (χ2v) is 14.2. The number of nitrogens with zero attached hydrogens (tertiary/aromatic N) is 5. The number of ether oxygens (including phenoxy) is 1. The number of carboxylic acid groups (broad SMARTS) is 1. The number of aromatic nitrogens is 5. The third kappa shape index (κ3) is 8.40. The van der Waals surface area contributed by atoms with Crippen molar-refractivity contribution in [3.05, 3.63) is 88.9 Å². The molecule has 3 N–H and O–H groups in total. The van der Waals surface area contributed by atoms with Crippen LogP contribution in [0.15, 0.2) is 65.7 Å². The molecule has 1 atom stereocenters. The van der Waals surface area contributed by atoms with E-state index in [2.05, 4.69) is 67.5 Å². The van der Waals surface area contributed by atoms with E-state index in [1.807, 2.05) is 24.4 Å². The van der Waals surface area contributed by atoms with Crippen LogP contribution >= 0.6 is 11.9 Å². The summed E-state index contributed by atoms with van der Waals surface area (Å²) in [7, 11) is 2.06. The first-order valence-corrected chi connectivity index (χ1v) is 17.9. The highest BCUT2D eigenvalue weighted by Gasteiger charge is 2.22. The maximum Gasteiger partial charge on any atom is 0.335 e. The van der Waals surface area contributed by atoms with E-state index in [-0.39, 0.29) is 11.6 Å². The summed E-state index contributed by atoms with van der Waals surface area (Å²) in [6.45, 7) is 9.54. The molecule has 256 valence electrons. The second kappa shape index (κ2) is 15.4. The summed E-state index contributed by atoms with van der Waals surface area (Å²) in [5.41, 5.74) is 8.16. The first-order chi connectivity index (χ1) is 23.6. The van der Waals surface area contributed by atoms with Crippen molar-refractivity contribution < 1.29 is 14.6 Å². The molecular formula is C38H45N7O3S. The molecule has 3 aromatic heterocycles. The summed E-state index contributed by atoms with van der Waals surface area (Å²) in [4.78, 5) is 31.5. The van der Waals surface area contributed by atoms with Gasteiger partial charge >= 0.3 is 5.97 Å². The van der Waals surface area contributed by atoms with Crippen LogP contribution in [0.25, 0.3) is 22.4 Å². The molecule has 1 aliphatic carbocycles. The molecule has 1 fully saturated rings. The maximum absolute atomic E-state index is 11.5. The largest absolute Gasteiger partial charge is 0.478 e. The average Bonchev–Trinajstić information content (AvgIpc) is 3.72. The van der Waals surface area contributed by atoms with Crippen LogP contribution in [0.4, 0.5) is 5.95 Å². The van der Waals surface area contributed by atoms with E-state index in [1.54, 1.807) is 18.2 Å². The zero-order chi connectivity index (χ0) is 34.5. The van der Waals surface area contributed by atoms with Crippen molar-refractivity contribution in [1.82, 2.24) is 29.8 Å². The van der Waals surface area contributed by atoms with Gasteiger partial charge in [-0.25, -0.2) is 14.8 Å². The Labute approximate surface area is 292 Å². The van der Waals surface area contributed by atoms with E-state index in [4.69, 9.17) is 24.7 Å². The van der Waals surface area contributed by atoms with Crippen molar-refractivity contribution in [2.24, 2.45) is 13.0 Å². The standard InChI is InChI=1S/C38H45N7O3S/c1-23(2)33-18-32-36(45(33)5)41-29(21-40-32)20-39-28(16-26-12-6-7-13-26)22-48-34-19-31(35-24(3)10-8-11-25(35)4)42-38(43-34)44-49-30-15-9-14-27(17-30)37(46)47/h8-11,14-15,17-19,21,23,26,28,39H,6-7,12-13,16,20,22H2,1-5H3,(H,46,47)(H,42,43,44). The summed E-state index contributed by atoms with van der Waals surface area (Å²) in [5, 5.41) is 13.2. The number of benzene rings is 2. The first-order valence-electron chi connectivity index (χ1n) is 17.0. The second-order valence-electron chi connectivity index (χ2n) is 13.3. The Morgan fingerprint density at radius 3 is 2.53 bits per heavy atom. The van der Waals surface area contributed by atoms with Gasteiger partial charge in [0.25, 0.3) is 0 Å². The number of aromatic carboxylic acids is 1. The molecule has 0 amide bonds. The van der Waals surface area contributed by atoms with Crippen LogP contribution in [0.5, 0.6) is 5.88 Å². The Morgan fingerprint density at radius 1 is 1.04 bits per heavy atom. The van der Waals surface area contributed by atoms with Gasteiger partial charge in [-0.15, -0.1) is 0 Å². The van der Waals surface area contributed by atoms with E-state index >= 15 is 0 Å². The zero-order valence-corrected chi connectivity index (χ0v) is 29.7. The van der Waals surface area contributed by atoms with Crippen molar-refractivity contribution in [3.8, 4) is 17.1 Å². The summed E-state index contributed by atoms with van der Waals surface area (Å²) in [6, 6.07) is 17.1. The molecule has 0 aliphatic heterocycles. The maximum atomic E-state index is 11.5. The van der Waals surface area contributed by atoms with Crippen LogP contribution < -0.4 is 14.8 Å². The molecule has 1 aliphatic rings. The van der Waals surface area contributed by atoms with Gasteiger partial charge in [0.1, 0.15) is 12.1 Å². The van der Waals surface area contributed by atoms with Gasteiger partial charge in [-0.1, -0.05) is 63.8 Å². The van der Waals surface area contributed by atoms with Crippen molar-refractivity contribution in [1.29, 1.82) is 0 Å². The van der Waals surface area contributed by atoms with Gasteiger partial charge < -0.3 is 19.7 Å². The third-order valence-electron chi connectivity index (χ3n) is 9.29. The van der Waals surface area contributed by atoms with E-state index in [9.17, 15) is 9.90 Å². The zero-order valence-electron chi connectivity index (χ0n) is 28.9. The van der Waals surface area contributed by atoms with Crippen molar-refractivity contribution >= 4 is 35.0 Å². The normalized spacial score (nSPS) is 14.1. The predicted molar refractivity (Wildman–Crippen MR) is 195 cm³/mol. The molecule has 0 saturated heterocycles. The fraction of sp³-hybridized carbons (Fsp3) is 0.395. The lowest BCUT2D eigenvalue weighted by atomic mass is 9.98. The molecule has 6 rings (SSSR count). The van der Waals surface area contributed by atoms with E-state index < -0.39 is 5.97 Å². The molecular weight excluding hydrogens is 635 g/mol. The molecule has 10 nitrogen and oxygen atoms in total. The molecule has 0 spiro atoms. The highest BCUT2D eigenvalue weighted by atomic mass is 32.2. The molecule has 2 aromatic carbocycles. The quantitative estimate of drug-likeness (QED) is 0.0991. The van der Waals surface area contributed by atoms with Gasteiger partial charge in [-0.3, -0.25) is 9.71 Å². The third-order valence-corrected chi connectivity index (χ3v) is 10.1. The summed E-state index contributed by atoms with van der Waals surface area (Å²) in [6.07, 6.45) is 7.91. The number of rotatable bonds is 14. The van der Waals surface area contributed by atoms with Gasteiger partial charge in [0.05, 0.1) is 23.1 Å². The number of aryl methyl sites for hydroxylation is 3. The van der Waals surface area contributed by atoms with Crippen LogP contribution in [-0.4, -0.2) is 48.2 Å². The number of carboxylic acids is 1. The van der Waals surface area contributed by atoms with E-state index in [1.165, 1.54) is 43.3 Å². The van der Waals surface area contributed by atoms with Crippen LogP contribution in [0.3, 0.4) is 0 Å². The number of carbonyl (C=O) groups is 1. The molecule has 49 heavy (non-hydrogen) atoms. The Bertz CT molecular complexity index is 1920. The summed E-state index contributed by atoms with van der Waals surface area (Å²) < 4.78 is 11.9. The first kappa shape index (κ1) is 34.4. The minimum atomic E-state index is -0.972. The van der Waals surface area contributed by atoms with Crippen LogP contribution in [0.2, 0.25) is 0 Å². The highest BCUT2D eigenvalue weighted by molar-refractivity contribution is 8.00. The fourth-order valence-corrected chi connectivity index (χ4v) is 7.39. The van der Waals surface area contributed by atoms with E-state index in [0.717, 1.165) is 50.6 Å². The van der Waals surface area contributed by atoms with Crippen LogP contribution in [0.1, 0.15) is 84.7 Å². The lowest BCUT2D eigenvalue weighted by Gasteiger charge is -2.22. The molecule has 0 bridgehead atoms. The van der Waals surface area contributed by atoms with Gasteiger partial charge in [0, 0.05) is 41.9 Å². The topological polar surface area (TPSA) is 127 Å². The predicted octanol–water partition coefficient (Wildman–Crippen LogP) is 8.10. The molecule has 11 heteroatoms. The number of hydrogen-bond donors (Lipinski definition) is 3. The molecule has 1 unspecified atom stereocenters. The van der Waals surface area contributed by atoms with Gasteiger partial charge in [0.15, 0.2) is 5.65 Å². The van der Waals surface area contributed by atoms with Crippen LogP contribution in [-0.2, 0) is 13.6 Å². The molecule has 1 saturated carbocycles. The molecule has 0 radical (unpaired) electrons. The van der Waals surface area contributed by atoms with Crippen molar-refractivity contribution in [2.45, 2.75) is 83.2 Å². The number of hydrogen-bond acceptors (Lipinski definition) is 9. The number of fused-ring (bicyclic) bond motifs is 1. The Hall–Kier alpha value is -4.48. The lowest BCUT2D eigenvalue weighted by molar-refractivity contribution is 0.0696. The van der Waals surface area contributed by atoms with E-state index in [0.29, 0.717) is 36.8 Å². The Kier molecular flexibility index (Phi) is 10.8. The van der Waals surface area contributed by atoms with Gasteiger partial charge in [0.2, 0.25) is 11.8 Å². The monoisotopic (exact) mass is 679 g/mol. The molecule has 3 heterocycles. The smallest absolute Gasteiger partial charge is 0.335 e. The minimum Gasteiger partial charge on any atom is -0.478 e. The van der Waals surface area contributed by atoms with Crippen molar-refractivity contribution in [3.63, 3.8) is 0 Å². The summed E-state index contributed by atoms with van der Waals surface area (Å²) >= 11 is 1.26. The number of nitrogens with one attached hydrogen (secondary N) is 2.